The van der Waals surface area contributed by atoms with Gasteiger partial charge in [-0.05, 0) is 18.8 Å². The molecule has 16 heavy (non-hydrogen) atoms. The van der Waals surface area contributed by atoms with Crippen LogP contribution in [0.4, 0.5) is 0 Å². The quantitative estimate of drug-likeness (QED) is 0.277. The molecule has 0 amide bonds. The van der Waals surface area contributed by atoms with Crippen LogP contribution in [0.25, 0.3) is 0 Å². The van der Waals surface area contributed by atoms with Crippen molar-refractivity contribution in [1.82, 2.24) is 0 Å². The minimum Gasteiger partial charge on any atom is -0.103 e. The Balaban J connectivity index is 3.15. The lowest BCUT2D eigenvalue weighted by Gasteiger charge is -2.12. The molecule has 0 aromatic carbocycles. The van der Waals surface area contributed by atoms with Crippen LogP contribution in [0.2, 0.25) is 0 Å². The van der Waals surface area contributed by atoms with E-state index in [9.17, 15) is 0 Å². The van der Waals surface area contributed by atoms with Gasteiger partial charge in [0.25, 0.3) is 0 Å². The summed E-state index contributed by atoms with van der Waals surface area (Å²) in [5, 5.41) is 0. The molecule has 0 aliphatic heterocycles. The highest BCUT2D eigenvalue weighted by Gasteiger charge is 2.03. The summed E-state index contributed by atoms with van der Waals surface area (Å²) < 4.78 is 0. The molecule has 96 valence electrons. The Hall–Kier alpha value is -0.260. The SMILES string of the molecule is C=CCCCCCCCCC(CC)CCC. The molecule has 0 heterocycles. The first-order chi connectivity index (χ1) is 7.85. The van der Waals surface area contributed by atoms with Crippen molar-refractivity contribution in [2.75, 3.05) is 0 Å². The summed E-state index contributed by atoms with van der Waals surface area (Å²) in [7, 11) is 0. The molecule has 1 unspecified atom stereocenters. The fourth-order valence-electron chi connectivity index (χ4n) is 2.39. The summed E-state index contributed by atoms with van der Waals surface area (Å²) in [5.41, 5.74) is 0. The Morgan fingerprint density at radius 2 is 1.50 bits per heavy atom. The molecule has 0 aromatic heterocycles. The van der Waals surface area contributed by atoms with Crippen LogP contribution in [0.3, 0.4) is 0 Å². The summed E-state index contributed by atoms with van der Waals surface area (Å²) in [5.74, 6) is 1.01. The highest BCUT2D eigenvalue weighted by molar-refractivity contribution is 4.65. The molecule has 0 fully saturated rings. The van der Waals surface area contributed by atoms with Crippen LogP contribution < -0.4 is 0 Å². The molecule has 0 N–H and O–H groups in total. The Morgan fingerprint density at radius 3 is 2.06 bits per heavy atom. The smallest absolute Gasteiger partial charge is 0.0353 e. The maximum Gasteiger partial charge on any atom is -0.0353 e. The minimum atomic E-state index is 1.01. The zero-order valence-electron chi connectivity index (χ0n) is 11.6. The Kier molecular flexibility index (Phi) is 12.6. The van der Waals surface area contributed by atoms with Gasteiger partial charge in [0.15, 0.2) is 0 Å². The number of hydrogen-bond donors (Lipinski definition) is 0. The van der Waals surface area contributed by atoms with Crippen LogP contribution in [0.1, 0.15) is 84.5 Å². The third-order valence-corrected chi connectivity index (χ3v) is 3.54. The summed E-state index contributed by atoms with van der Waals surface area (Å²) in [6, 6.07) is 0. The van der Waals surface area contributed by atoms with E-state index in [-0.39, 0.29) is 0 Å². The zero-order valence-corrected chi connectivity index (χ0v) is 11.6. The van der Waals surface area contributed by atoms with Gasteiger partial charge in [-0.3, -0.25) is 0 Å². The van der Waals surface area contributed by atoms with E-state index in [0.717, 1.165) is 5.92 Å². The average Bonchev–Trinajstić information content (AvgIpc) is 2.31. The van der Waals surface area contributed by atoms with E-state index in [2.05, 4.69) is 20.4 Å². The van der Waals surface area contributed by atoms with E-state index in [4.69, 9.17) is 0 Å². The Labute approximate surface area is 104 Å². The molecule has 0 aliphatic carbocycles. The van der Waals surface area contributed by atoms with Crippen molar-refractivity contribution in [3.05, 3.63) is 12.7 Å². The summed E-state index contributed by atoms with van der Waals surface area (Å²) in [6.45, 7) is 8.40. The van der Waals surface area contributed by atoms with Gasteiger partial charge >= 0.3 is 0 Å². The average molecular weight is 224 g/mol. The molecule has 0 bridgehead atoms. The maximum atomic E-state index is 3.75. The standard InChI is InChI=1S/C16H32/c1-4-7-8-9-10-11-12-13-15-16(6-3)14-5-2/h4,16H,1,5-15H2,2-3H3. The second-order valence-corrected chi connectivity index (χ2v) is 5.05. The molecule has 0 heteroatoms. The van der Waals surface area contributed by atoms with Crippen molar-refractivity contribution >= 4 is 0 Å². The van der Waals surface area contributed by atoms with Gasteiger partial charge in [-0.25, -0.2) is 0 Å². The Bertz CT molecular complexity index is 137. The van der Waals surface area contributed by atoms with Gasteiger partial charge in [-0.2, -0.15) is 0 Å². The third kappa shape index (κ3) is 10.3. The van der Waals surface area contributed by atoms with Crippen molar-refractivity contribution in [2.24, 2.45) is 5.92 Å². The van der Waals surface area contributed by atoms with Crippen molar-refractivity contribution in [3.8, 4) is 0 Å². The maximum absolute atomic E-state index is 3.75. The molecule has 0 aromatic rings. The van der Waals surface area contributed by atoms with Crippen molar-refractivity contribution < 1.29 is 0 Å². The van der Waals surface area contributed by atoms with Gasteiger partial charge < -0.3 is 0 Å². The van der Waals surface area contributed by atoms with Crippen LogP contribution in [-0.4, -0.2) is 0 Å². The molecule has 0 saturated heterocycles. The predicted octanol–water partition coefficient (Wildman–Crippen LogP) is 6.12. The second-order valence-electron chi connectivity index (χ2n) is 5.05. The molecule has 0 nitrogen and oxygen atoms in total. The highest BCUT2D eigenvalue weighted by Crippen LogP contribution is 2.19. The lowest BCUT2D eigenvalue weighted by Crippen LogP contribution is -1.97. The predicted molar refractivity (Wildman–Crippen MR) is 75.8 cm³/mol. The topological polar surface area (TPSA) is 0 Å². The number of rotatable bonds is 12. The number of unbranched alkanes of at least 4 members (excludes halogenated alkanes) is 6. The van der Waals surface area contributed by atoms with E-state index < -0.39 is 0 Å². The first-order valence-corrected chi connectivity index (χ1v) is 7.46. The lowest BCUT2D eigenvalue weighted by molar-refractivity contribution is 0.408. The molecule has 0 aliphatic rings. The monoisotopic (exact) mass is 224 g/mol. The van der Waals surface area contributed by atoms with E-state index in [1.165, 1.54) is 70.6 Å². The van der Waals surface area contributed by atoms with Crippen LogP contribution >= 0.6 is 0 Å². The number of hydrogen-bond acceptors (Lipinski definition) is 0. The molecule has 0 radical (unpaired) electrons. The van der Waals surface area contributed by atoms with Crippen LogP contribution in [0, 0.1) is 5.92 Å². The zero-order chi connectivity index (χ0) is 12.1. The van der Waals surface area contributed by atoms with E-state index in [1.807, 2.05) is 6.08 Å². The van der Waals surface area contributed by atoms with E-state index in [0.29, 0.717) is 0 Å². The van der Waals surface area contributed by atoms with Gasteiger partial charge in [0, 0.05) is 0 Å². The lowest BCUT2D eigenvalue weighted by atomic mass is 9.94. The van der Waals surface area contributed by atoms with Crippen molar-refractivity contribution in [3.63, 3.8) is 0 Å². The van der Waals surface area contributed by atoms with Gasteiger partial charge in [0.1, 0.15) is 0 Å². The van der Waals surface area contributed by atoms with Crippen molar-refractivity contribution in [1.29, 1.82) is 0 Å². The third-order valence-electron chi connectivity index (χ3n) is 3.54. The Morgan fingerprint density at radius 1 is 0.875 bits per heavy atom. The largest absolute Gasteiger partial charge is 0.103 e. The second kappa shape index (κ2) is 12.8. The first-order valence-electron chi connectivity index (χ1n) is 7.46. The fourth-order valence-corrected chi connectivity index (χ4v) is 2.39. The van der Waals surface area contributed by atoms with Crippen LogP contribution in [0.5, 0.6) is 0 Å². The first kappa shape index (κ1) is 15.7. The highest BCUT2D eigenvalue weighted by atomic mass is 14.1. The summed E-state index contributed by atoms with van der Waals surface area (Å²) in [6.07, 6.45) is 17.4. The van der Waals surface area contributed by atoms with E-state index in [1.54, 1.807) is 0 Å². The number of allylic oxidation sites excluding steroid dienone is 1. The summed E-state index contributed by atoms with van der Waals surface area (Å²) >= 11 is 0. The van der Waals surface area contributed by atoms with E-state index >= 15 is 0 Å². The van der Waals surface area contributed by atoms with Gasteiger partial charge in [-0.15, -0.1) is 6.58 Å². The van der Waals surface area contributed by atoms with Gasteiger partial charge in [-0.1, -0.05) is 77.7 Å². The van der Waals surface area contributed by atoms with Crippen LogP contribution in [-0.2, 0) is 0 Å². The normalized spacial score (nSPS) is 12.6. The minimum absolute atomic E-state index is 1.01. The molecular weight excluding hydrogens is 192 g/mol. The van der Waals surface area contributed by atoms with Crippen LogP contribution in [0.15, 0.2) is 12.7 Å². The molecular formula is C16H32. The molecule has 1 atom stereocenters. The fraction of sp³-hybridized carbons (Fsp3) is 0.875. The van der Waals surface area contributed by atoms with Gasteiger partial charge in [0.05, 0.1) is 0 Å². The molecule has 0 spiro atoms. The molecule has 0 saturated carbocycles. The molecule has 0 rings (SSSR count). The van der Waals surface area contributed by atoms with Crippen molar-refractivity contribution in [2.45, 2.75) is 84.5 Å². The van der Waals surface area contributed by atoms with Gasteiger partial charge in [0.2, 0.25) is 0 Å². The summed E-state index contributed by atoms with van der Waals surface area (Å²) in [4.78, 5) is 0.